The van der Waals surface area contributed by atoms with Crippen LogP contribution in [0.1, 0.15) is 18.1 Å². The van der Waals surface area contributed by atoms with Gasteiger partial charge in [-0.05, 0) is 24.6 Å². The molecule has 2 atom stereocenters. The van der Waals surface area contributed by atoms with Gasteiger partial charge in [0.05, 0.1) is 20.3 Å². The maximum atomic E-state index is 13.1. The standard InChI is InChI=1S/C23H28N4O3/c1-23(19-6-4-3-5-7-19)21(28)27(22(29)24-23)17-25(2)16-18-8-10-20(11-9-18)26-12-14-30-15-13-26/h3-11H,12-17H2,1-2H3,(H,24,29)/p+1/t23-/m1/s1. The number of imide groups is 1. The van der Waals surface area contributed by atoms with Crippen molar-refractivity contribution in [1.82, 2.24) is 10.2 Å². The highest BCUT2D eigenvalue weighted by molar-refractivity contribution is 6.07. The molecule has 2 saturated heterocycles. The lowest BCUT2D eigenvalue weighted by Crippen LogP contribution is -3.09. The van der Waals surface area contributed by atoms with Crippen LogP contribution in [0.15, 0.2) is 54.6 Å². The predicted molar refractivity (Wildman–Crippen MR) is 114 cm³/mol. The average Bonchev–Trinajstić information content (AvgIpc) is 2.99. The Morgan fingerprint density at radius 3 is 2.37 bits per heavy atom. The van der Waals surface area contributed by atoms with Crippen molar-refractivity contribution in [3.05, 3.63) is 65.7 Å². The minimum Gasteiger partial charge on any atom is -0.378 e. The Morgan fingerprint density at radius 2 is 1.70 bits per heavy atom. The number of hydrogen-bond acceptors (Lipinski definition) is 4. The van der Waals surface area contributed by atoms with E-state index in [2.05, 4.69) is 34.5 Å². The Balaban J connectivity index is 1.38. The molecule has 0 aromatic heterocycles. The fraction of sp³-hybridized carbons (Fsp3) is 0.391. The first-order valence-electron chi connectivity index (χ1n) is 10.4. The van der Waals surface area contributed by atoms with Gasteiger partial charge in [-0.2, -0.15) is 0 Å². The lowest BCUT2D eigenvalue weighted by atomic mass is 9.92. The van der Waals surface area contributed by atoms with E-state index in [1.54, 1.807) is 6.92 Å². The molecule has 0 aliphatic carbocycles. The molecule has 2 aliphatic heterocycles. The number of anilines is 1. The van der Waals surface area contributed by atoms with E-state index in [9.17, 15) is 9.59 Å². The minimum absolute atomic E-state index is 0.208. The van der Waals surface area contributed by atoms with E-state index in [1.807, 2.05) is 37.4 Å². The van der Waals surface area contributed by atoms with Crippen molar-refractivity contribution in [2.24, 2.45) is 0 Å². The van der Waals surface area contributed by atoms with Crippen LogP contribution in [0.25, 0.3) is 0 Å². The number of urea groups is 1. The molecule has 2 N–H and O–H groups in total. The zero-order valence-electron chi connectivity index (χ0n) is 17.6. The summed E-state index contributed by atoms with van der Waals surface area (Å²) >= 11 is 0. The summed E-state index contributed by atoms with van der Waals surface area (Å²) in [5.74, 6) is -0.208. The Labute approximate surface area is 177 Å². The van der Waals surface area contributed by atoms with Gasteiger partial charge in [0.15, 0.2) is 6.67 Å². The molecule has 2 aliphatic rings. The fourth-order valence-corrected chi connectivity index (χ4v) is 4.13. The molecule has 0 bridgehead atoms. The Kier molecular flexibility index (Phi) is 5.74. The molecule has 30 heavy (non-hydrogen) atoms. The van der Waals surface area contributed by atoms with Crippen LogP contribution < -0.4 is 15.1 Å². The third-order valence-corrected chi connectivity index (χ3v) is 5.87. The van der Waals surface area contributed by atoms with E-state index in [4.69, 9.17) is 4.74 Å². The normalized spacial score (nSPS) is 22.9. The zero-order valence-corrected chi connectivity index (χ0v) is 17.6. The highest BCUT2D eigenvalue weighted by atomic mass is 16.5. The van der Waals surface area contributed by atoms with Crippen LogP contribution in [0.5, 0.6) is 0 Å². The quantitative estimate of drug-likeness (QED) is 0.698. The lowest BCUT2D eigenvalue weighted by molar-refractivity contribution is -0.901. The van der Waals surface area contributed by atoms with Gasteiger partial charge in [-0.25, -0.2) is 9.69 Å². The number of carbonyl (C=O) groups excluding carboxylic acids is 2. The van der Waals surface area contributed by atoms with E-state index < -0.39 is 5.54 Å². The van der Waals surface area contributed by atoms with E-state index in [0.29, 0.717) is 6.67 Å². The molecular formula is C23H29N4O3+. The van der Waals surface area contributed by atoms with Crippen LogP contribution >= 0.6 is 0 Å². The van der Waals surface area contributed by atoms with Crippen molar-refractivity contribution in [2.75, 3.05) is 44.9 Å². The highest BCUT2D eigenvalue weighted by Gasteiger charge is 2.49. The molecule has 1 unspecified atom stereocenters. The second-order valence-corrected chi connectivity index (χ2v) is 8.21. The summed E-state index contributed by atoms with van der Waals surface area (Å²) in [6.45, 7) is 6.17. The number of nitrogens with one attached hydrogen (secondary N) is 2. The topological polar surface area (TPSA) is 66.3 Å². The second kappa shape index (κ2) is 8.45. The molecule has 7 heteroatoms. The van der Waals surface area contributed by atoms with Gasteiger partial charge in [0.25, 0.3) is 5.91 Å². The number of quaternary nitrogens is 1. The van der Waals surface area contributed by atoms with E-state index in [1.165, 1.54) is 16.2 Å². The molecule has 0 spiro atoms. The molecule has 7 nitrogen and oxygen atoms in total. The van der Waals surface area contributed by atoms with E-state index in [-0.39, 0.29) is 11.9 Å². The molecule has 2 heterocycles. The SMILES string of the molecule is C[NH+](Cc1ccc(N2CCOCC2)cc1)CN1C(=O)N[C@](C)(c2ccccc2)C1=O. The summed E-state index contributed by atoms with van der Waals surface area (Å²) in [7, 11) is 1.99. The Hall–Kier alpha value is -2.90. The molecule has 3 amide bonds. The van der Waals surface area contributed by atoms with Crippen LogP contribution in [-0.2, 0) is 21.6 Å². The summed E-state index contributed by atoms with van der Waals surface area (Å²) in [5.41, 5.74) is 2.15. The third-order valence-electron chi connectivity index (χ3n) is 5.87. The highest BCUT2D eigenvalue weighted by Crippen LogP contribution is 2.27. The zero-order chi connectivity index (χ0) is 21.1. The largest absolute Gasteiger partial charge is 0.378 e. The molecule has 2 aromatic rings. The number of morpholine rings is 1. The number of nitrogens with zero attached hydrogens (tertiary/aromatic N) is 2. The van der Waals surface area contributed by atoms with Gasteiger partial charge in [0, 0.05) is 24.3 Å². The van der Waals surface area contributed by atoms with Crippen LogP contribution in [0.4, 0.5) is 10.5 Å². The molecule has 2 fully saturated rings. The number of hydrogen-bond donors (Lipinski definition) is 2. The molecule has 2 aromatic carbocycles. The van der Waals surface area contributed by atoms with Crippen LogP contribution in [0, 0.1) is 0 Å². The molecule has 0 radical (unpaired) electrons. The molecular weight excluding hydrogens is 380 g/mol. The monoisotopic (exact) mass is 409 g/mol. The van der Waals surface area contributed by atoms with Gasteiger partial charge in [-0.15, -0.1) is 0 Å². The molecule has 0 saturated carbocycles. The second-order valence-electron chi connectivity index (χ2n) is 8.21. The molecule has 158 valence electrons. The molecule has 4 rings (SSSR count). The van der Waals surface area contributed by atoms with Crippen LogP contribution in [-0.4, -0.2) is 56.9 Å². The first kappa shape index (κ1) is 20.4. The summed E-state index contributed by atoms with van der Waals surface area (Å²) in [4.78, 5) is 30.3. The number of amides is 3. The van der Waals surface area contributed by atoms with Gasteiger partial charge < -0.3 is 19.9 Å². The fourth-order valence-electron chi connectivity index (χ4n) is 4.13. The van der Waals surface area contributed by atoms with E-state index >= 15 is 0 Å². The van der Waals surface area contributed by atoms with Gasteiger partial charge in [-0.3, -0.25) is 4.79 Å². The van der Waals surface area contributed by atoms with Crippen molar-refractivity contribution in [1.29, 1.82) is 0 Å². The van der Waals surface area contributed by atoms with E-state index in [0.717, 1.165) is 43.3 Å². The number of carbonyl (C=O) groups is 2. The number of benzene rings is 2. The minimum atomic E-state index is -1.02. The summed E-state index contributed by atoms with van der Waals surface area (Å²) in [6.07, 6.45) is 0. The van der Waals surface area contributed by atoms with Crippen molar-refractivity contribution >= 4 is 17.6 Å². The van der Waals surface area contributed by atoms with Gasteiger partial charge in [0.2, 0.25) is 0 Å². The smallest absolute Gasteiger partial charge is 0.329 e. The average molecular weight is 410 g/mol. The predicted octanol–water partition coefficient (Wildman–Crippen LogP) is 0.963. The third kappa shape index (κ3) is 4.04. The summed E-state index contributed by atoms with van der Waals surface area (Å²) in [5, 5.41) is 2.87. The maximum Gasteiger partial charge on any atom is 0.329 e. The van der Waals surface area contributed by atoms with Crippen molar-refractivity contribution in [3.8, 4) is 0 Å². The Morgan fingerprint density at radius 1 is 1.03 bits per heavy atom. The van der Waals surface area contributed by atoms with Crippen molar-refractivity contribution < 1.29 is 19.2 Å². The lowest BCUT2D eigenvalue weighted by Gasteiger charge is -2.29. The number of rotatable bonds is 6. The van der Waals surface area contributed by atoms with Gasteiger partial charge in [0.1, 0.15) is 12.1 Å². The van der Waals surface area contributed by atoms with Crippen molar-refractivity contribution in [2.45, 2.75) is 19.0 Å². The first-order chi connectivity index (χ1) is 14.5. The van der Waals surface area contributed by atoms with Crippen molar-refractivity contribution in [3.63, 3.8) is 0 Å². The van der Waals surface area contributed by atoms with Crippen LogP contribution in [0.2, 0.25) is 0 Å². The summed E-state index contributed by atoms with van der Waals surface area (Å²) in [6, 6.07) is 17.6. The van der Waals surface area contributed by atoms with Gasteiger partial charge in [-0.1, -0.05) is 42.5 Å². The van der Waals surface area contributed by atoms with Gasteiger partial charge >= 0.3 is 6.03 Å². The number of ether oxygens (including phenoxy) is 1. The van der Waals surface area contributed by atoms with Crippen LogP contribution in [0.3, 0.4) is 0 Å². The summed E-state index contributed by atoms with van der Waals surface area (Å²) < 4.78 is 5.41. The first-order valence-corrected chi connectivity index (χ1v) is 10.4. The maximum absolute atomic E-state index is 13.1. The Bertz CT molecular complexity index is 896.